The summed E-state index contributed by atoms with van der Waals surface area (Å²) in [4.78, 5) is 24.2. The van der Waals surface area contributed by atoms with E-state index < -0.39 is 17.9 Å². The van der Waals surface area contributed by atoms with Gasteiger partial charge in [-0.15, -0.1) is 0 Å². The summed E-state index contributed by atoms with van der Waals surface area (Å²) in [5.41, 5.74) is 2.78. The molecule has 0 radical (unpaired) electrons. The van der Waals surface area contributed by atoms with Crippen LogP contribution >= 0.6 is 0 Å². The third kappa shape index (κ3) is 3.00. The highest BCUT2D eigenvalue weighted by atomic mass is 16.5. The molecule has 1 heterocycles. The Morgan fingerprint density at radius 3 is 2.47 bits per heavy atom. The highest BCUT2D eigenvalue weighted by molar-refractivity contribution is 5.98. The zero-order valence-electron chi connectivity index (χ0n) is 11.0. The zero-order chi connectivity index (χ0) is 14.0. The molecule has 1 aromatic carbocycles. The van der Waals surface area contributed by atoms with Crippen LogP contribution in [-0.2, 0) is 14.3 Å². The summed E-state index contributed by atoms with van der Waals surface area (Å²) in [5.74, 6) is -0.805. The number of carbonyl (C=O) groups excluding carboxylic acids is 2. The molecule has 1 atom stereocenters. The molecule has 102 valence electrons. The molecule has 2 amide bonds. The molecule has 0 spiro atoms. The lowest BCUT2D eigenvalue weighted by molar-refractivity contribution is -0.160. The first-order chi connectivity index (χ1) is 8.99. The number of hydrogen-bond donors (Lipinski definition) is 1. The quantitative estimate of drug-likeness (QED) is 0.816. The molecular weight excluding hydrogens is 246 g/mol. The molecule has 1 N–H and O–H groups in total. The zero-order valence-corrected chi connectivity index (χ0v) is 11.0. The van der Waals surface area contributed by atoms with E-state index in [4.69, 9.17) is 4.74 Å². The van der Waals surface area contributed by atoms with E-state index in [1.54, 1.807) is 0 Å². The molecule has 0 saturated carbocycles. The van der Waals surface area contributed by atoms with Crippen molar-refractivity contribution in [2.45, 2.75) is 20.0 Å². The summed E-state index contributed by atoms with van der Waals surface area (Å²) in [6, 6.07) is 5.68. The molecule has 5 heteroatoms. The van der Waals surface area contributed by atoms with Crippen molar-refractivity contribution in [3.05, 3.63) is 34.9 Å². The van der Waals surface area contributed by atoms with Crippen LogP contribution in [0.1, 0.15) is 22.8 Å². The topological polar surface area (TPSA) is 66.8 Å². The highest BCUT2D eigenvalue weighted by Crippen LogP contribution is 2.20. The van der Waals surface area contributed by atoms with Gasteiger partial charge in [-0.25, -0.2) is 0 Å². The van der Waals surface area contributed by atoms with Crippen molar-refractivity contribution in [1.29, 1.82) is 0 Å². The second kappa shape index (κ2) is 5.50. The molecule has 1 unspecified atom stereocenters. The van der Waals surface area contributed by atoms with E-state index in [2.05, 4.69) is 0 Å². The first-order valence-corrected chi connectivity index (χ1v) is 6.15. The molecule has 1 aliphatic rings. The number of aryl methyl sites for hydroxylation is 2. The first kappa shape index (κ1) is 13.7. The molecule has 1 saturated heterocycles. The van der Waals surface area contributed by atoms with Crippen LogP contribution in [0, 0.1) is 13.8 Å². The Labute approximate surface area is 111 Å². The van der Waals surface area contributed by atoms with Gasteiger partial charge in [0.15, 0.2) is 0 Å². The van der Waals surface area contributed by atoms with Gasteiger partial charge in [0.05, 0.1) is 12.6 Å². The minimum Gasteiger partial charge on any atom is -0.387 e. The van der Waals surface area contributed by atoms with Crippen molar-refractivity contribution in [2.24, 2.45) is 0 Å². The minimum absolute atomic E-state index is 0.0229. The average molecular weight is 263 g/mol. The van der Waals surface area contributed by atoms with E-state index in [-0.39, 0.29) is 19.8 Å². The maximum atomic E-state index is 11.6. The highest BCUT2D eigenvalue weighted by Gasteiger charge is 2.29. The number of carbonyl (C=O) groups is 2. The van der Waals surface area contributed by atoms with E-state index in [0.29, 0.717) is 0 Å². The molecule has 1 aromatic rings. The molecule has 0 aromatic heterocycles. The van der Waals surface area contributed by atoms with Gasteiger partial charge in [-0.1, -0.05) is 23.8 Å². The van der Waals surface area contributed by atoms with Gasteiger partial charge in [-0.05, 0) is 25.0 Å². The summed E-state index contributed by atoms with van der Waals surface area (Å²) in [5, 5.41) is 10.2. The van der Waals surface area contributed by atoms with Crippen molar-refractivity contribution in [2.75, 3.05) is 19.8 Å². The molecule has 19 heavy (non-hydrogen) atoms. The fourth-order valence-electron chi connectivity index (χ4n) is 2.19. The van der Waals surface area contributed by atoms with Crippen LogP contribution in [0.3, 0.4) is 0 Å². The van der Waals surface area contributed by atoms with Crippen LogP contribution in [0.25, 0.3) is 0 Å². The monoisotopic (exact) mass is 263 g/mol. The number of morpholine rings is 1. The van der Waals surface area contributed by atoms with Crippen LogP contribution in [0.2, 0.25) is 0 Å². The summed E-state index contributed by atoms with van der Waals surface area (Å²) in [6.45, 7) is 3.63. The number of aliphatic hydroxyl groups excluding tert-OH is 1. The largest absolute Gasteiger partial charge is 0.387 e. The van der Waals surface area contributed by atoms with Gasteiger partial charge in [0.1, 0.15) is 13.2 Å². The predicted octanol–water partition coefficient (Wildman–Crippen LogP) is 0.722. The van der Waals surface area contributed by atoms with Crippen molar-refractivity contribution in [1.82, 2.24) is 4.90 Å². The number of aliphatic hydroxyl groups is 1. The molecule has 2 rings (SSSR count). The molecule has 1 fully saturated rings. The van der Waals surface area contributed by atoms with E-state index in [0.717, 1.165) is 21.6 Å². The van der Waals surface area contributed by atoms with Crippen molar-refractivity contribution in [3.8, 4) is 0 Å². The second-order valence-corrected chi connectivity index (χ2v) is 4.77. The molecule has 1 aliphatic heterocycles. The summed E-state index contributed by atoms with van der Waals surface area (Å²) in [6.07, 6.45) is -0.869. The van der Waals surface area contributed by atoms with Gasteiger partial charge in [0.2, 0.25) is 0 Å². The smallest absolute Gasteiger partial charge is 0.255 e. The Kier molecular flexibility index (Phi) is 3.97. The first-order valence-electron chi connectivity index (χ1n) is 6.15. The summed E-state index contributed by atoms with van der Waals surface area (Å²) >= 11 is 0. The van der Waals surface area contributed by atoms with Crippen LogP contribution in [-0.4, -0.2) is 41.6 Å². The molecule has 0 bridgehead atoms. The lowest BCUT2D eigenvalue weighted by Crippen LogP contribution is -2.47. The Bertz CT molecular complexity index is 496. The molecule has 0 aliphatic carbocycles. The summed E-state index contributed by atoms with van der Waals surface area (Å²) < 4.78 is 4.83. The van der Waals surface area contributed by atoms with Crippen molar-refractivity contribution < 1.29 is 19.4 Å². The minimum atomic E-state index is -0.869. The standard InChI is InChI=1S/C14H17NO4/c1-9-3-4-11(10(2)5-9)12(16)6-15-13(17)7-19-8-14(15)18/h3-5,12,16H,6-8H2,1-2H3. The lowest BCUT2D eigenvalue weighted by Gasteiger charge is -2.27. The molecule has 5 nitrogen and oxygen atoms in total. The third-order valence-electron chi connectivity index (χ3n) is 3.19. The van der Waals surface area contributed by atoms with Crippen LogP contribution in [0.4, 0.5) is 0 Å². The van der Waals surface area contributed by atoms with E-state index in [9.17, 15) is 14.7 Å². The van der Waals surface area contributed by atoms with Crippen molar-refractivity contribution in [3.63, 3.8) is 0 Å². The normalized spacial score (nSPS) is 17.7. The van der Waals surface area contributed by atoms with Gasteiger partial charge in [0, 0.05) is 0 Å². The number of amides is 2. The SMILES string of the molecule is Cc1ccc(C(O)CN2C(=O)COCC2=O)c(C)c1. The van der Waals surface area contributed by atoms with Crippen LogP contribution in [0.5, 0.6) is 0 Å². The number of nitrogens with zero attached hydrogens (tertiary/aromatic N) is 1. The van der Waals surface area contributed by atoms with E-state index in [1.165, 1.54) is 0 Å². The average Bonchev–Trinajstić information content (AvgIpc) is 2.33. The molecular formula is C14H17NO4. The number of ether oxygens (including phenoxy) is 1. The fraction of sp³-hybridized carbons (Fsp3) is 0.429. The Hall–Kier alpha value is -1.72. The van der Waals surface area contributed by atoms with Gasteiger partial charge in [-0.3, -0.25) is 14.5 Å². The maximum absolute atomic E-state index is 11.6. The lowest BCUT2D eigenvalue weighted by atomic mass is 10.0. The number of benzene rings is 1. The maximum Gasteiger partial charge on any atom is 0.255 e. The van der Waals surface area contributed by atoms with E-state index >= 15 is 0 Å². The predicted molar refractivity (Wildman–Crippen MR) is 68.4 cm³/mol. The van der Waals surface area contributed by atoms with Gasteiger partial charge in [-0.2, -0.15) is 0 Å². The number of β-amino-alcohol motifs (C(OH)–C–C–N with tert-alkyl or cyclic N) is 1. The van der Waals surface area contributed by atoms with Gasteiger partial charge in [0.25, 0.3) is 11.8 Å². The van der Waals surface area contributed by atoms with E-state index in [1.807, 2.05) is 32.0 Å². The van der Waals surface area contributed by atoms with Crippen molar-refractivity contribution >= 4 is 11.8 Å². The van der Waals surface area contributed by atoms with Gasteiger partial charge < -0.3 is 9.84 Å². The fourth-order valence-corrected chi connectivity index (χ4v) is 2.19. The Morgan fingerprint density at radius 2 is 1.89 bits per heavy atom. The number of imide groups is 1. The van der Waals surface area contributed by atoms with Crippen LogP contribution in [0.15, 0.2) is 18.2 Å². The third-order valence-corrected chi connectivity index (χ3v) is 3.19. The summed E-state index contributed by atoms with van der Waals surface area (Å²) in [7, 11) is 0. The number of rotatable bonds is 3. The Balaban J connectivity index is 2.13. The number of hydrogen-bond acceptors (Lipinski definition) is 4. The Morgan fingerprint density at radius 1 is 1.26 bits per heavy atom. The second-order valence-electron chi connectivity index (χ2n) is 4.77. The van der Waals surface area contributed by atoms with Crippen LogP contribution < -0.4 is 0 Å². The van der Waals surface area contributed by atoms with Gasteiger partial charge >= 0.3 is 0 Å².